The first-order valence-corrected chi connectivity index (χ1v) is 8.85. The molecule has 0 saturated heterocycles. The second-order valence-electron chi connectivity index (χ2n) is 6.50. The van der Waals surface area contributed by atoms with Crippen LogP contribution >= 0.6 is 0 Å². The summed E-state index contributed by atoms with van der Waals surface area (Å²) in [5.41, 5.74) is 1.10. The van der Waals surface area contributed by atoms with Crippen LogP contribution in [0.5, 0.6) is 11.5 Å². The summed E-state index contributed by atoms with van der Waals surface area (Å²) in [6, 6.07) is 6.12. The van der Waals surface area contributed by atoms with Crippen LogP contribution in [0.1, 0.15) is 45.1 Å². The fourth-order valence-electron chi connectivity index (χ4n) is 3.10. The standard InChI is InChI=1S/C19H30N2O3/c1-5-24-17-11-10-15(12-18(17)23-4)13-21(3)14(2)19(22)20-16-8-6-7-9-16/h10-12,14,16H,5-9,13H2,1-4H3,(H,20,22). The van der Waals surface area contributed by atoms with Gasteiger partial charge < -0.3 is 14.8 Å². The highest BCUT2D eigenvalue weighted by atomic mass is 16.5. The van der Waals surface area contributed by atoms with Crippen molar-refractivity contribution < 1.29 is 14.3 Å². The summed E-state index contributed by atoms with van der Waals surface area (Å²) in [6.07, 6.45) is 4.67. The lowest BCUT2D eigenvalue weighted by atomic mass is 10.1. The van der Waals surface area contributed by atoms with E-state index in [1.807, 2.05) is 39.1 Å². The Labute approximate surface area is 145 Å². The van der Waals surface area contributed by atoms with Crippen molar-refractivity contribution in [1.29, 1.82) is 0 Å². The van der Waals surface area contributed by atoms with Crippen molar-refractivity contribution in [3.63, 3.8) is 0 Å². The van der Waals surface area contributed by atoms with Gasteiger partial charge in [-0.25, -0.2) is 0 Å². The lowest BCUT2D eigenvalue weighted by Crippen LogP contribution is -2.46. The summed E-state index contributed by atoms with van der Waals surface area (Å²) < 4.78 is 10.9. The summed E-state index contributed by atoms with van der Waals surface area (Å²) in [6.45, 7) is 5.19. The molecule has 0 aliphatic heterocycles. The first kappa shape index (κ1) is 18.6. The molecule has 1 saturated carbocycles. The number of carbonyl (C=O) groups excluding carboxylic acids is 1. The van der Waals surface area contributed by atoms with E-state index in [0.29, 0.717) is 19.2 Å². The minimum Gasteiger partial charge on any atom is -0.493 e. The number of nitrogens with one attached hydrogen (secondary N) is 1. The first-order valence-electron chi connectivity index (χ1n) is 8.85. The van der Waals surface area contributed by atoms with E-state index in [2.05, 4.69) is 10.2 Å². The molecule has 134 valence electrons. The number of methoxy groups -OCH3 is 1. The first-order chi connectivity index (χ1) is 11.5. The van der Waals surface area contributed by atoms with Gasteiger partial charge >= 0.3 is 0 Å². The number of ether oxygens (including phenoxy) is 2. The highest BCUT2D eigenvalue weighted by Gasteiger charge is 2.23. The van der Waals surface area contributed by atoms with Crippen molar-refractivity contribution in [2.45, 2.75) is 58.2 Å². The fraction of sp³-hybridized carbons (Fsp3) is 0.632. The zero-order valence-corrected chi connectivity index (χ0v) is 15.3. The predicted octanol–water partition coefficient (Wildman–Crippen LogP) is 2.97. The van der Waals surface area contributed by atoms with Gasteiger partial charge in [0, 0.05) is 12.6 Å². The van der Waals surface area contributed by atoms with Gasteiger partial charge in [-0.3, -0.25) is 9.69 Å². The van der Waals surface area contributed by atoms with Gasteiger partial charge in [-0.05, 0) is 51.4 Å². The third-order valence-electron chi connectivity index (χ3n) is 4.70. The maximum absolute atomic E-state index is 12.4. The Morgan fingerprint density at radius 3 is 2.67 bits per heavy atom. The second kappa shape index (κ2) is 8.92. The van der Waals surface area contributed by atoms with Gasteiger partial charge in [0.1, 0.15) is 0 Å². The number of rotatable bonds is 8. The monoisotopic (exact) mass is 334 g/mol. The van der Waals surface area contributed by atoms with Crippen LogP contribution < -0.4 is 14.8 Å². The lowest BCUT2D eigenvalue weighted by Gasteiger charge is -2.25. The molecule has 1 amide bonds. The molecule has 5 nitrogen and oxygen atoms in total. The number of likely N-dealkylation sites (N-methyl/N-ethyl adjacent to an activating group) is 1. The van der Waals surface area contributed by atoms with Crippen molar-refractivity contribution in [2.75, 3.05) is 20.8 Å². The average molecular weight is 334 g/mol. The molecule has 0 radical (unpaired) electrons. The van der Waals surface area contributed by atoms with E-state index in [4.69, 9.17) is 9.47 Å². The van der Waals surface area contributed by atoms with Crippen molar-refractivity contribution in [1.82, 2.24) is 10.2 Å². The number of amides is 1. The number of hydrogen-bond donors (Lipinski definition) is 1. The van der Waals surface area contributed by atoms with Crippen LogP contribution in [0.15, 0.2) is 18.2 Å². The summed E-state index contributed by atoms with van der Waals surface area (Å²) in [5, 5.41) is 3.17. The van der Waals surface area contributed by atoms with Gasteiger partial charge in [-0.1, -0.05) is 18.9 Å². The lowest BCUT2D eigenvalue weighted by molar-refractivity contribution is -0.126. The van der Waals surface area contributed by atoms with E-state index in [1.165, 1.54) is 12.8 Å². The molecule has 0 heterocycles. The summed E-state index contributed by atoms with van der Waals surface area (Å²) in [4.78, 5) is 14.5. The summed E-state index contributed by atoms with van der Waals surface area (Å²) >= 11 is 0. The van der Waals surface area contributed by atoms with Crippen LogP contribution in [-0.4, -0.2) is 43.7 Å². The van der Waals surface area contributed by atoms with E-state index in [0.717, 1.165) is 29.9 Å². The number of carbonyl (C=O) groups is 1. The zero-order chi connectivity index (χ0) is 17.5. The Bertz CT molecular complexity index is 541. The Kier molecular flexibility index (Phi) is 6.91. The van der Waals surface area contributed by atoms with E-state index >= 15 is 0 Å². The van der Waals surface area contributed by atoms with Gasteiger partial charge in [0.25, 0.3) is 0 Å². The molecule has 1 aliphatic carbocycles. The van der Waals surface area contributed by atoms with E-state index in [-0.39, 0.29) is 11.9 Å². The smallest absolute Gasteiger partial charge is 0.237 e. The van der Waals surface area contributed by atoms with Crippen molar-refractivity contribution in [2.24, 2.45) is 0 Å². The van der Waals surface area contributed by atoms with Gasteiger partial charge in [-0.15, -0.1) is 0 Å². The highest BCUT2D eigenvalue weighted by molar-refractivity contribution is 5.81. The molecular formula is C19H30N2O3. The van der Waals surface area contributed by atoms with Crippen LogP contribution in [0.25, 0.3) is 0 Å². The Balaban J connectivity index is 1.94. The Morgan fingerprint density at radius 1 is 1.33 bits per heavy atom. The maximum atomic E-state index is 12.4. The van der Waals surface area contributed by atoms with Crippen molar-refractivity contribution in [3.8, 4) is 11.5 Å². The maximum Gasteiger partial charge on any atom is 0.237 e. The molecule has 0 aromatic heterocycles. The molecule has 1 atom stereocenters. The van der Waals surface area contributed by atoms with E-state index < -0.39 is 0 Å². The Morgan fingerprint density at radius 2 is 2.04 bits per heavy atom. The number of hydrogen-bond acceptors (Lipinski definition) is 4. The van der Waals surface area contributed by atoms with Crippen LogP contribution in [0, 0.1) is 0 Å². The van der Waals surface area contributed by atoms with Gasteiger partial charge in [0.15, 0.2) is 11.5 Å². The van der Waals surface area contributed by atoms with Crippen LogP contribution in [0.3, 0.4) is 0 Å². The van der Waals surface area contributed by atoms with Crippen LogP contribution in [-0.2, 0) is 11.3 Å². The molecule has 1 fully saturated rings. The average Bonchev–Trinajstić information content (AvgIpc) is 3.08. The third kappa shape index (κ3) is 4.87. The van der Waals surface area contributed by atoms with Gasteiger partial charge in [0.05, 0.1) is 19.8 Å². The number of benzene rings is 1. The van der Waals surface area contributed by atoms with Gasteiger partial charge in [0.2, 0.25) is 5.91 Å². The highest BCUT2D eigenvalue weighted by Crippen LogP contribution is 2.28. The molecule has 1 aromatic rings. The molecule has 1 N–H and O–H groups in total. The zero-order valence-electron chi connectivity index (χ0n) is 15.3. The van der Waals surface area contributed by atoms with Crippen LogP contribution in [0.4, 0.5) is 0 Å². The molecule has 0 spiro atoms. The van der Waals surface area contributed by atoms with Gasteiger partial charge in [-0.2, -0.15) is 0 Å². The SMILES string of the molecule is CCOc1ccc(CN(C)C(C)C(=O)NC2CCCC2)cc1OC. The normalized spacial score (nSPS) is 16.2. The minimum atomic E-state index is -0.164. The van der Waals surface area contributed by atoms with Crippen LogP contribution in [0.2, 0.25) is 0 Å². The Hall–Kier alpha value is -1.75. The molecule has 2 rings (SSSR count). The molecule has 0 bridgehead atoms. The molecular weight excluding hydrogens is 304 g/mol. The van der Waals surface area contributed by atoms with Crippen molar-refractivity contribution >= 4 is 5.91 Å². The predicted molar refractivity (Wildman–Crippen MR) is 95.5 cm³/mol. The molecule has 1 unspecified atom stereocenters. The molecule has 24 heavy (non-hydrogen) atoms. The van der Waals surface area contributed by atoms with Crippen molar-refractivity contribution in [3.05, 3.63) is 23.8 Å². The fourth-order valence-corrected chi connectivity index (χ4v) is 3.10. The largest absolute Gasteiger partial charge is 0.493 e. The number of nitrogens with zero attached hydrogens (tertiary/aromatic N) is 1. The quantitative estimate of drug-likeness (QED) is 0.794. The molecule has 1 aromatic carbocycles. The minimum absolute atomic E-state index is 0.113. The molecule has 1 aliphatic rings. The topological polar surface area (TPSA) is 50.8 Å². The summed E-state index contributed by atoms with van der Waals surface area (Å²) in [5.74, 6) is 1.59. The van der Waals surface area contributed by atoms with E-state index in [1.54, 1.807) is 7.11 Å². The van der Waals surface area contributed by atoms with E-state index in [9.17, 15) is 4.79 Å². The second-order valence-corrected chi connectivity index (χ2v) is 6.50. The third-order valence-corrected chi connectivity index (χ3v) is 4.70. The molecule has 5 heteroatoms. The summed E-state index contributed by atoms with van der Waals surface area (Å²) in [7, 11) is 3.62.